The highest BCUT2D eigenvalue weighted by molar-refractivity contribution is 6.04. The molecule has 29 heavy (non-hydrogen) atoms. The predicted molar refractivity (Wildman–Crippen MR) is 107 cm³/mol. The number of nitrogens with one attached hydrogen (secondary N) is 2. The van der Waals surface area contributed by atoms with Crippen molar-refractivity contribution in [3.8, 4) is 0 Å². The molecule has 1 aromatic heterocycles. The van der Waals surface area contributed by atoms with Crippen LogP contribution in [-0.4, -0.2) is 35.0 Å². The maximum Gasteiger partial charge on any atom is 0.339 e. The number of para-hydroxylation sites is 1. The van der Waals surface area contributed by atoms with E-state index < -0.39 is 11.9 Å². The van der Waals surface area contributed by atoms with Crippen LogP contribution < -0.4 is 10.6 Å². The second-order valence-corrected chi connectivity index (χ2v) is 6.06. The van der Waals surface area contributed by atoms with Gasteiger partial charge in [-0.1, -0.05) is 24.3 Å². The third-order valence-electron chi connectivity index (χ3n) is 4.02. The average Bonchev–Trinajstić information content (AvgIpc) is 2.74. The molecule has 0 aliphatic rings. The van der Waals surface area contributed by atoms with Gasteiger partial charge in [-0.05, 0) is 43.3 Å². The molecule has 0 bridgehead atoms. The van der Waals surface area contributed by atoms with E-state index in [1.807, 2.05) is 0 Å². The number of nitrogens with zero attached hydrogens (tertiary/aromatic N) is 2. The highest BCUT2D eigenvalue weighted by Gasteiger charge is 2.13. The second kappa shape index (κ2) is 8.75. The average molecular weight is 390 g/mol. The first-order chi connectivity index (χ1) is 14.0. The fourth-order valence-electron chi connectivity index (χ4n) is 2.55. The van der Waals surface area contributed by atoms with Crippen molar-refractivity contribution in [3.63, 3.8) is 0 Å². The summed E-state index contributed by atoms with van der Waals surface area (Å²) in [7, 11) is 1.30. The number of anilines is 3. The summed E-state index contributed by atoms with van der Waals surface area (Å²) in [6.07, 6.45) is 0. The van der Waals surface area contributed by atoms with Crippen LogP contribution in [0.15, 0.2) is 60.7 Å². The van der Waals surface area contributed by atoms with E-state index >= 15 is 0 Å². The van der Waals surface area contributed by atoms with Gasteiger partial charge in [-0.25, -0.2) is 4.79 Å². The lowest BCUT2D eigenvalue weighted by Crippen LogP contribution is -2.15. The molecule has 8 nitrogen and oxygen atoms in total. The Bertz CT molecular complexity index is 1060. The number of hydrogen-bond donors (Lipinski definition) is 2. The second-order valence-electron chi connectivity index (χ2n) is 6.06. The normalized spacial score (nSPS) is 10.1. The fourth-order valence-corrected chi connectivity index (χ4v) is 2.55. The summed E-state index contributed by atoms with van der Waals surface area (Å²) in [5.41, 5.74) is 1.94. The Morgan fingerprint density at radius 3 is 2.41 bits per heavy atom. The van der Waals surface area contributed by atoms with Crippen molar-refractivity contribution < 1.29 is 19.1 Å². The van der Waals surface area contributed by atoms with E-state index in [0.29, 0.717) is 28.3 Å². The number of esters is 1. The van der Waals surface area contributed by atoms with Gasteiger partial charge >= 0.3 is 5.97 Å². The van der Waals surface area contributed by atoms with Crippen molar-refractivity contribution in [2.75, 3.05) is 17.7 Å². The standard InChI is InChI=1S/C21H18N4O4/c1-13(26)14-6-5-7-15(12-14)22-20(27)18-10-11-19(25-24-18)23-17-9-4-3-8-16(17)21(28)29-2/h3-12H,1-2H3,(H,22,27)(H,23,25). The van der Waals surface area contributed by atoms with Crippen molar-refractivity contribution in [3.05, 3.63) is 77.5 Å². The highest BCUT2D eigenvalue weighted by Crippen LogP contribution is 2.20. The van der Waals surface area contributed by atoms with E-state index in [0.717, 1.165) is 0 Å². The molecule has 0 atom stereocenters. The maximum absolute atomic E-state index is 12.4. The van der Waals surface area contributed by atoms with Crippen LogP contribution in [0.2, 0.25) is 0 Å². The van der Waals surface area contributed by atoms with E-state index in [1.54, 1.807) is 54.6 Å². The van der Waals surface area contributed by atoms with Gasteiger partial charge in [0.15, 0.2) is 17.3 Å². The van der Waals surface area contributed by atoms with Crippen LogP contribution in [0.1, 0.15) is 38.1 Å². The number of aromatic nitrogens is 2. The monoisotopic (exact) mass is 390 g/mol. The molecule has 1 heterocycles. The summed E-state index contributed by atoms with van der Waals surface area (Å²) in [5.74, 6) is -0.676. The molecule has 2 N–H and O–H groups in total. The van der Waals surface area contributed by atoms with Gasteiger partial charge in [-0.15, -0.1) is 10.2 Å². The molecule has 3 aromatic rings. The lowest BCUT2D eigenvalue weighted by atomic mass is 10.1. The molecule has 0 aliphatic carbocycles. The van der Waals surface area contributed by atoms with Crippen molar-refractivity contribution in [2.24, 2.45) is 0 Å². The first-order valence-electron chi connectivity index (χ1n) is 8.68. The van der Waals surface area contributed by atoms with Crippen molar-refractivity contribution in [1.82, 2.24) is 10.2 Å². The van der Waals surface area contributed by atoms with Crippen LogP contribution >= 0.6 is 0 Å². The Labute approximate surface area is 166 Å². The Balaban J connectivity index is 1.72. The molecule has 2 aromatic carbocycles. The third-order valence-corrected chi connectivity index (χ3v) is 4.02. The smallest absolute Gasteiger partial charge is 0.339 e. The number of Topliss-reactive ketones (excluding diaryl/α,β-unsaturated/α-hetero) is 1. The largest absolute Gasteiger partial charge is 0.465 e. The maximum atomic E-state index is 12.4. The number of rotatable bonds is 6. The zero-order valence-corrected chi connectivity index (χ0v) is 15.8. The zero-order valence-electron chi connectivity index (χ0n) is 15.8. The number of ketones is 1. The molecule has 3 rings (SSSR count). The number of carbonyl (C=O) groups is 3. The molecule has 0 saturated heterocycles. The Hall–Kier alpha value is -4.07. The predicted octanol–water partition coefficient (Wildman–Crippen LogP) is 3.46. The Morgan fingerprint density at radius 1 is 0.931 bits per heavy atom. The molecule has 1 amide bonds. The van der Waals surface area contributed by atoms with Gasteiger partial charge in [0.05, 0.1) is 18.4 Å². The first-order valence-corrected chi connectivity index (χ1v) is 8.68. The zero-order chi connectivity index (χ0) is 20.8. The minimum absolute atomic E-state index is 0.0939. The van der Waals surface area contributed by atoms with Gasteiger partial charge in [0.25, 0.3) is 5.91 Å². The van der Waals surface area contributed by atoms with E-state index in [-0.39, 0.29) is 11.5 Å². The van der Waals surface area contributed by atoms with Gasteiger partial charge in [-0.2, -0.15) is 0 Å². The van der Waals surface area contributed by atoms with Crippen molar-refractivity contribution in [1.29, 1.82) is 0 Å². The third kappa shape index (κ3) is 4.81. The molecule has 0 fully saturated rings. The summed E-state index contributed by atoms with van der Waals surface area (Å²) in [4.78, 5) is 35.7. The lowest BCUT2D eigenvalue weighted by molar-refractivity contribution is 0.0601. The van der Waals surface area contributed by atoms with Crippen LogP contribution in [0.5, 0.6) is 0 Å². The Kier molecular flexibility index (Phi) is 5.94. The van der Waals surface area contributed by atoms with Gasteiger partial charge in [0.1, 0.15) is 0 Å². The lowest BCUT2D eigenvalue weighted by Gasteiger charge is -2.10. The molecule has 0 spiro atoms. The minimum atomic E-state index is -0.482. The number of carbonyl (C=O) groups excluding carboxylic acids is 3. The summed E-state index contributed by atoms with van der Waals surface area (Å²) in [6, 6.07) is 16.5. The molecule has 8 heteroatoms. The van der Waals surface area contributed by atoms with Crippen molar-refractivity contribution in [2.45, 2.75) is 6.92 Å². The summed E-state index contributed by atoms with van der Waals surface area (Å²) < 4.78 is 4.76. The molecule has 0 aliphatic heterocycles. The molecule has 0 saturated carbocycles. The van der Waals surface area contributed by atoms with Crippen LogP contribution in [0.3, 0.4) is 0 Å². The Morgan fingerprint density at radius 2 is 1.72 bits per heavy atom. The molecule has 0 unspecified atom stereocenters. The number of methoxy groups -OCH3 is 1. The molecular weight excluding hydrogens is 372 g/mol. The topological polar surface area (TPSA) is 110 Å². The van der Waals surface area contributed by atoms with Gasteiger partial charge in [0.2, 0.25) is 0 Å². The van der Waals surface area contributed by atoms with E-state index in [4.69, 9.17) is 4.74 Å². The van der Waals surface area contributed by atoms with Gasteiger partial charge < -0.3 is 15.4 Å². The van der Waals surface area contributed by atoms with Crippen molar-refractivity contribution >= 4 is 34.9 Å². The van der Waals surface area contributed by atoms with Gasteiger partial charge in [0, 0.05) is 11.3 Å². The van der Waals surface area contributed by atoms with Crippen LogP contribution in [0.4, 0.5) is 17.2 Å². The SMILES string of the molecule is COC(=O)c1ccccc1Nc1ccc(C(=O)Nc2cccc(C(C)=O)c2)nn1. The number of ether oxygens (including phenoxy) is 1. The summed E-state index contributed by atoms with van der Waals surface area (Å²) >= 11 is 0. The number of benzene rings is 2. The minimum Gasteiger partial charge on any atom is -0.465 e. The quantitative estimate of drug-likeness (QED) is 0.490. The highest BCUT2D eigenvalue weighted by atomic mass is 16.5. The molecule has 0 radical (unpaired) electrons. The van der Waals surface area contributed by atoms with E-state index in [9.17, 15) is 14.4 Å². The van der Waals surface area contributed by atoms with E-state index in [1.165, 1.54) is 20.1 Å². The molecular formula is C21H18N4O4. The summed E-state index contributed by atoms with van der Waals surface area (Å²) in [5, 5.41) is 13.6. The van der Waals surface area contributed by atoms with Gasteiger partial charge in [-0.3, -0.25) is 9.59 Å². The number of amides is 1. The van der Waals surface area contributed by atoms with Crippen LogP contribution in [-0.2, 0) is 4.74 Å². The van der Waals surface area contributed by atoms with Crippen LogP contribution in [0, 0.1) is 0 Å². The fraction of sp³-hybridized carbons (Fsp3) is 0.0952. The van der Waals surface area contributed by atoms with Crippen LogP contribution in [0.25, 0.3) is 0 Å². The summed E-state index contributed by atoms with van der Waals surface area (Å²) in [6.45, 7) is 1.45. The van der Waals surface area contributed by atoms with E-state index in [2.05, 4.69) is 20.8 Å². The molecule has 146 valence electrons. The number of hydrogen-bond acceptors (Lipinski definition) is 7. The first kappa shape index (κ1) is 19.7.